The standard InChI is InChI=1S/C25H29N7O2.C2HF3O2/c1-15-8-16(21-20-9-18(19-11-31(5)12-19)13-32(20)28-14-27-21)6-7-17(15)10-26-23(33)22-29-24(34-30-22)25(2,3)4;3-2(4,5)1(6)7/h6-9,13-14,19H,10-12H2,1-5H3,(H,26,33);(H,6,7). The maximum atomic E-state index is 12.5. The van der Waals surface area contributed by atoms with Crippen LogP contribution in [0.4, 0.5) is 13.2 Å². The van der Waals surface area contributed by atoms with Gasteiger partial charge >= 0.3 is 12.1 Å². The lowest BCUT2D eigenvalue weighted by atomic mass is 9.94. The number of carboxylic acid groups (broad SMARTS) is 1. The summed E-state index contributed by atoms with van der Waals surface area (Å²) < 4.78 is 38.9. The maximum Gasteiger partial charge on any atom is 0.490 e. The molecule has 0 spiro atoms. The van der Waals surface area contributed by atoms with Crippen LogP contribution in [-0.4, -0.2) is 72.9 Å². The molecule has 1 saturated heterocycles. The van der Waals surface area contributed by atoms with Gasteiger partial charge in [0.25, 0.3) is 11.7 Å². The smallest absolute Gasteiger partial charge is 0.475 e. The fraction of sp³-hybridized carbons (Fsp3) is 0.407. The molecule has 0 aliphatic carbocycles. The van der Waals surface area contributed by atoms with Crippen LogP contribution in [0.15, 0.2) is 41.3 Å². The van der Waals surface area contributed by atoms with Gasteiger partial charge in [-0.2, -0.15) is 23.3 Å². The molecule has 14 heteroatoms. The molecule has 4 aromatic rings. The summed E-state index contributed by atoms with van der Waals surface area (Å²) in [6.07, 6.45) is -1.38. The molecule has 1 fully saturated rings. The lowest BCUT2D eigenvalue weighted by Gasteiger charge is -2.35. The van der Waals surface area contributed by atoms with E-state index in [9.17, 15) is 18.0 Å². The molecule has 4 heterocycles. The van der Waals surface area contributed by atoms with Crippen LogP contribution < -0.4 is 5.32 Å². The second-order valence-corrected chi connectivity index (χ2v) is 10.9. The van der Waals surface area contributed by atoms with Gasteiger partial charge in [0.15, 0.2) is 0 Å². The molecule has 5 rings (SSSR count). The number of nitrogens with one attached hydrogen (secondary N) is 1. The predicted molar refractivity (Wildman–Crippen MR) is 141 cm³/mol. The highest BCUT2D eigenvalue weighted by molar-refractivity contribution is 5.90. The number of likely N-dealkylation sites (N-methyl/N-ethyl adjacent to an activating group) is 1. The normalized spacial score (nSPS) is 14.3. The van der Waals surface area contributed by atoms with E-state index in [0.29, 0.717) is 18.4 Å². The summed E-state index contributed by atoms with van der Waals surface area (Å²) in [4.78, 5) is 32.5. The SMILES string of the molecule is Cc1cc(-c2ncnn3cc(C4CN(C)C4)cc23)ccc1CNC(=O)c1noc(C(C)(C)C)n1.O=C(O)C(F)(F)F. The summed E-state index contributed by atoms with van der Waals surface area (Å²) in [6.45, 7) is 10.4. The third-order valence-electron chi connectivity index (χ3n) is 6.53. The molecule has 0 saturated carbocycles. The molecule has 11 nitrogen and oxygen atoms in total. The number of hydrogen-bond acceptors (Lipinski definition) is 8. The number of carboxylic acids is 1. The Morgan fingerprint density at radius 2 is 1.85 bits per heavy atom. The van der Waals surface area contributed by atoms with Crippen LogP contribution in [0.5, 0.6) is 0 Å². The van der Waals surface area contributed by atoms with Crippen molar-refractivity contribution in [1.29, 1.82) is 0 Å². The molecule has 1 aromatic carbocycles. The van der Waals surface area contributed by atoms with E-state index in [-0.39, 0.29) is 17.1 Å². The first-order chi connectivity index (χ1) is 19.1. The van der Waals surface area contributed by atoms with Crippen LogP contribution in [0.2, 0.25) is 0 Å². The van der Waals surface area contributed by atoms with E-state index >= 15 is 0 Å². The van der Waals surface area contributed by atoms with Gasteiger partial charge in [-0.05, 0) is 42.8 Å². The Bertz CT molecular complexity index is 1570. The fourth-order valence-corrected chi connectivity index (χ4v) is 4.22. The molecule has 0 bridgehead atoms. The van der Waals surface area contributed by atoms with Crippen molar-refractivity contribution in [3.8, 4) is 11.3 Å². The predicted octanol–water partition coefficient (Wildman–Crippen LogP) is 3.98. The Morgan fingerprint density at radius 3 is 2.41 bits per heavy atom. The number of alkyl halides is 3. The fourth-order valence-electron chi connectivity index (χ4n) is 4.22. The summed E-state index contributed by atoms with van der Waals surface area (Å²) in [5.74, 6) is -2.09. The summed E-state index contributed by atoms with van der Waals surface area (Å²) in [5.41, 5.74) is 5.98. The molecular weight excluding hydrogens is 543 g/mol. The first-order valence-electron chi connectivity index (χ1n) is 12.7. The molecule has 0 radical (unpaired) electrons. The zero-order valence-electron chi connectivity index (χ0n) is 23.2. The van der Waals surface area contributed by atoms with Gasteiger partial charge < -0.3 is 19.8 Å². The Morgan fingerprint density at radius 1 is 1.17 bits per heavy atom. The van der Waals surface area contributed by atoms with Gasteiger partial charge in [-0.3, -0.25) is 4.79 Å². The average molecular weight is 574 g/mol. The Hall–Kier alpha value is -4.33. The van der Waals surface area contributed by atoms with Crippen molar-refractivity contribution in [2.24, 2.45) is 0 Å². The molecule has 3 aromatic heterocycles. The minimum Gasteiger partial charge on any atom is -0.475 e. The van der Waals surface area contributed by atoms with Gasteiger partial charge in [0.05, 0.1) is 11.2 Å². The van der Waals surface area contributed by atoms with Gasteiger partial charge in [-0.25, -0.2) is 14.3 Å². The first-order valence-corrected chi connectivity index (χ1v) is 12.7. The molecule has 1 aliphatic rings. The number of aryl methyl sites for hydroxylation is 1. The van der Waals surface area contributed by atoms with E-state index in [2.05, 4.69) is 55.8 Å². The summed E-state index contributed by atoms with van der Waals surface area (Å²) in [7, 11) is 2.13. The first kappa shape index (κ1) is 29.6. The minimum absolute atomic E-state index is 0.0456. The molecule has 41 heavy (non-hydrogen) atoms. The number of nitrogens with zero attached hydrogens (tertiary/aromatic N) is 6. The second kappa shape index (κ2) is 11.3. The largest absolute Gasteiger partial charge is 0.490 e. The topological polar surface area (TPSA) is 139 Å². The zero-order valence-corrected chi connectivity index (χ0v) is 23.2. The van der Waals surface area contributed by atoms with E-state index in [4.69, 9.17) is 14.4 Å². The van der Waals surface area contributed by atoms with Crippen molar-refractivity contribution >= 4 is 17.4 Å². The molecular formula is C27H30F3N7O4. The summed E-state index contributed by atoms with van der Waals surface area (Å²) in [5, 5.41) is 18.2. The highest BCUT2D eigenvalue weighted by Gasteiger charge is 2.38. The average Bonchev–Trinajstić information content (AvgIpc) is 3.53. The van der Waals surface area contributed by atoms with E-state index in [1.807, 2.05) is 44.3 Å². The van der Waals surface area contributed by atoms with Gasteiger partial charge in [-0.15, -0.1) is 0 Å². The van der Waals surface area contributed by atoms with Crippen LogP contribution in [0.25, 0.3) is 16.8 Å². The lowest BCUT2D eigenvalue weighted by molar-refractivity contribution is -0.192. The van der Waals surface area contributed by atoms with E-state index in [1.165, 1.54) is 5.56 Å². The van der Waals surface area contributed by atoms with E-state index < -0.39 is 12.1 Å². The number of hydrogen-bond donors (Lipinski definition) is 2. The number of aliphatic carboxylic acids is 1. The molecule has 218 valence electrons. The summed E-state index contributed by atoms with van der Waals surface area (Å²) >= 11 is 0. The van der Waals surface area contributed by atoms with E-state index in [1.54, 1.807) is 6.33 Å². The Kier molecular flexibility index (Phi) is 8.15. The van der Waals surface area contributed by atoms with Crippen LogP contribution in [0.3, 0.4) is 0 Å². The monoisotopic (exact) mass is 573 g/mol. The Balaban J connectivity index is 0.000000493. The zero-order chi connectivity index (χ0) is 30.1. The van der Waals surface area contributed by atoms with Crippen LogP contribution >= 0.6 is 0 Å². The molecule has 1 aliphatic heterocycles. The van der Waals surface area contributed by atoms with Crippen molar-refractivity contribution in [3.05, 3.63) is 65.2 Å². The molecule has 0 unspecified atom stereocenters. The van der Waals surface area contributed by atoms with Crippen molar-refractivity contribution < 1.29 is 32.4 Å². The number of halogens is 3. The van der Waals surface area contributed by atoms with E-state index in [0.717, 1.165) is 41.0 Å². The number of aromatic nitrogens is 5. The second-order valence-electron chi connectivity index (χ2n) is 10.9. The highest BCUT2D eigenvalue weighted by atomic mass is 19.4. The number of amides is 1. The number of fused-ring (bicyclic) bond motifs is 1. The van der Waals surface area contributed by atoms with Crippen LogP contribution in [0, 0.1) is 6.92 Å². The number of benzene rings is 1. The van der Waals surface area contributed by atoms with Gasteiger partial charge in [-0.1, -0.05) is 38.1 Å². The van der Waals surface area contributed by atoms with Crippen molar-refractivity contribution in [3.63, 3.8) is 0 Å². The molecule has 1 amide bonds. The highest BCUT2D eigenvalue weighted by Crippen LogP contribution is 2.31. The maximum absolute atomic E-state index is 12.5. The van der Waals surface area contributed by atoms with Crippen LogP contribution in [0.1, 0.15) is 59.9 Å². The van der Waals surface area contributed by atoms with Crippen molar-refractivity contribution in [1.82, 2.24) is 35.0 Å². The lowest BCUT2D eigenvalue weighted by Crippen LogP contribution is -2.41. The van der Waals surface area contributed by atoms with Gasteiger partial charge in [0.2, 0.25) is 5.89 Å². The number of likely N-dealkylation sites (tertiary alicyclic amines) is 1. The van der Waals surface area contributed by atoms with Gasteiger partial charge in [0.1, 0.15) is 6.33 Å². The van der Waals surface area contributed by atoms with Gasteiger partial charge in [0, 0.05) is 42.7 Å². The third kappa shape index (κ3) is 6.88. The van der Waals surface area contributed by atoms with Crippen LogP contribution in [-0.2, 0) is 16.8 Å². The number of carbonyl (C=O) groups is 2. The number of carbonyl (C=O) groups excluding carboxylic acids is 1. The summed E-state index contributed by atoms with van der Waals surface area (Å²) in [6, 6.07) is 8.35. The third-order valence-corrected chi connectivity index (χ3v) is 6.53. The number of rotatable bonds is 5. The van der Waals surface area contributed by atoms with Crippen molar-refractivity contribution in [2.75, 3.05) is 20.1 Å². The van der Waals surface area contributed by atoms with Crippen molar-refractivity contribution in [2.45, 2.75) is 51.7 Å². The molecule has 0 atom stereocenters. The molecule has 2 N–H and O–H groups in total. The Labute approximate surface area is 233 Å². The minimum atomic E-state index is -5.08. The quantitative estimate of drug-likeness (QED) is 0.363.